The Morgan fingerprint density at radius 3 is 2.59 bits per heavy atom. The molecule has 0 N–H and O–H groups in total. The molecule has 0 atom stereocenters. The molecule has 0 unspecified atom stereocenters. The molecule has 1 saturated heterocycles. The number of nitriles is 1. The second kappa shape index (κ2) is 12.5. The minimum Gasteiger partial charge on any atom is -0.490 e. The average Bonchev–Trinajstić information content (AvgIpc) is 3.20. The van der Waals surface area contributed by atoms with Crippen molar-refractivity contribution in [3.8, 4) is 17.6 Å². The number of hydrogen-bond donors (Lipinski definition) is 0. The highest BCUT2D eigenvalue weighted by Crippen LogP contribution is 2.40. The van der Waals surface area contributed by atoms with E-state index in [1.54, 1.807) is 61.7 Å². The molecule has 1 amide bonds. The van der Waals surface area contributed by atoms with Crippen molar-refractivity contribution in [3.05, 3.63) is 92.8 Å². The fourth-order valence-electron chi connectivity index (χ4n) is 3.68. The molecule has 4 rings (SSSR count). The number of nitrogens with zero attached hydrogens (tertiary/aromatic N) is 3. The summed E-state index contributed by atoms with van der Waals surface area (Å²) in [5, 5.41) is 10.1. The summed E-state index contributed by atoms with van der Waals surface area (Å²) in [5.41, 5.74) is 2.90. The number of carbonyl (C=O) groups excluding carboxylic acids is 2. The molecule has 10 heteroatoms. The lowest BCUT2D eigenvalue weighted by Gasteiger charge is -2.15. The van der Waals surface area contributed by atoms with Gasteiger partial charge in [-0.15, -0.1) is 0 Å². The van der Waals surface area contributed by atoms with Gasteiger partial charge in [-0.1, -0.05) is 29.8 Å². The van der Waals surface area contributed by atoms with Crippen LogP contribution in [0.3, 0.4) is 0 Å². The number of ether oxygens (including phenoxy) is 3. The molecule has 39 heavy (non-hydrogen) atoms. The van der Waals surface area contributed by atoms with Crippen LogP contribution in [0.4, 0.5) is 5.69 Å². The van der Waals surface area contributed by atoms with Crippen LogP contribution < -0.4 is 9.47 Å². The standard InChI is InChI=1S/C29H24ClN3O5S/c1-4-37-24-14-18(13-23(30)26(24)38-17-21-8-6-5-7-20(21)16-31)15-25-27(34)33(2)29(39-25)32-22-11-9-19(10-12-22)28(35)36-3/h5-15H,4,17H2,1-3H3/b25-15-,32-29?. The summed E-state index contributed by atoms with van der Waals surface area (Å²) in [7, 11) is 2.97. The predicted octanol–water partition coefficient (Wildman–Crippen LogP) is 6.21. The van der Waals surface area contributed by atoms with Crippen LogP contribution >= 0.6 is 23.4 Å². The third-order valence-corrected chi connectivity index (χ3v) is 7.00. The largest absolute Gasteiger partial charge is 0.490 e. The van der Waals surface area contributed by atoms with Crippen LogP contribution in [-0.4, -0.2) is 42.7 Å². The maximum absolute atomic E-state index is 13.0. The van der Waals surface area contributed by atoms with Crippen molar-refractivity contribution >= 4 is 52.2 Å². The Morgan fingerprint density at radius 1 is 1.15 bits per heavy atom. The van der Waals surface area contributed by atoms with Crippen molar-refractivity contribution in [1.29, 1.82) is 5.26 Å². The predicted molar refractivity (Wildman–Crippen MR) is 151 cm³/mol. The first-order valence-corrected chi connectivity index (χ1v) is 13.1. The van der Waals surface area contributed by atoms with Gasteiger partial charge in [0.25, 0.3) is 5.91 Å². The van der Waals surface area contributed by atoms with E-state index in [2.05, 4.69) is 11.1 Å². The number of likely N-dealkylation sites (N-methyl/N-ethyl adjacent to an activating group) is 1. The second-order valence-corrected chi connectivity index (χ2v) is 9.64. The first kappa shape index (κ1) is 27.8. The minimum atomic E-state index is -0.435. The van der Waals surface area contributed by atoms with Crippen molar-refractivity contribution in [3.63, 3.8) is 0 Å². The highest BCUT2D eigenvalue weighted by atomic mass is 35.5. The summed E-state index contributed by atoms with van der Waals surface area (Å²) in [4.78, 5) is 31.1. The van der Waals surface area contributed by atoms with Crippen LogP contribution in [0.25, 0.3) is 6.08 Å². The van der Waals surface area contributed by atoms with Gasteiger partial charge in [-0.3, -0.25) is 9.69 Å². The second-order valence-electron chi connectivity index (χ2n) is 8.23. The van der Waals surface area contributed by atoms with Gasteiger partial charge < -0.3 is 14.2 Å². The Bertz CT molecular complexity index is 1510. The molecule has 3 aromatic rings. The van der Waals surface area contributed by atoms with E-state index in [0.717, 1.165) is 5.56 Å². The third kappa shape index (κ3) is 6.42. The van der Waals surface area contributed by atoms with Crippen LogP contribution in [0.2, 0.25) is 5.02 Å². The van der Waals surface area contributed by atoms with Crippen LogP contribution in [0.5, 0.6) is 11.5 Å². The molecule has 0 radical (unpaired) electrons. The quantitative estimate of drug-likeness (QED) is 0.238. The maximum Gasteiger partial charge on any atom is 0.337 e. The molecule has 1 aliphatic rings. The van der Waals surface area contributed by atoms with Gasteiger partial charge in [0.1, 0.15) is 6.61 Å². The molecule has 0 aromatic heterocycles. The van der Waals surface area contributed by atoms with Gasteiger partial charge in [0.15, 0.2) is 16.7 Å². The first-order chi connectivity index (χ1) is 18.8. The Balaban J connectivity index is 1.57. The van der Waals surface area contributed by atoms with Gasteiger partial charge in [-0.2, -0.15) is 5.26 Å². The summed E-state index contributed by atoms with van der Waals surface area (Å²) in [6.07, 6.45) is 1.72. The van der Waals surface area contributed by atoms with E-state index in [0.29, 0.717) is 55.6 Å². The molecule has 8 nitrogen and oxygen atoms in total. The summed E-state index contributed by atoms with van der Waals surface area (Å²) in [6.45, 7) is 2.37. The van der Waals surface area contributed by atoms with Gasteiger partial charge in [-0.05, 0) is 72.8 Å². The molecule has 1 fully saturated rings. The van der Waals surface area contributed by atoms with E-state index in [1.165, 1.54) is 23.8 Å². The molecule has 3 aromatic carbocycles. The number of benzene rings is 3. The zero-order chi connectivity index (χ0) is 27.9. The maximum atomic E-state index is 13.0. The summed E-state index contributed by atoms with van der Waals surface area (Å²) >= 11 is 7.81. The van der Waals surface area contributed by atoms with E-state index < -0.39 is 5.97 Å². The molecule has 0 spiro atoms. The van der Waals surface area contributed by atoms with E-state index in [9.17, 15) is 14.9 Å². The zero-order valence-electron chi connectivity index (χ0n) is 21.4. The SMILES string of the molecule is CCOc1cc(/C=C2\SC(=Nc3ccc(C(=O)OC)cc3)N(C)C2=O)cc(Cl)c1OCc1ccccc1C#N. The lowest BCUT2D eigenvalue weighted by atomic mass is 10.1. The average molecular weight is 562 g/mol. The fourth-order valence-corrected chi connectivity index (χ4v) is 4.94. The monoisotopic (exact) mass is 561 g/mol. The van der Waals surface area contributed by atoms with Gasteiger partial charge in [0.05, 0.1) is 46.5 Å². The van der Waals surface area contributed by atoms with Gasteiger partial charge in [-0.25, -0.2) is 9.79 Å². The lowest BCUT2D eigenvalue weighted by molar-refractivity contribution is -0.121. The molecular weight excluding hydrogens is 538 g/mol. The fraction of sp³-hybridized carbons (Fsp3) is 0.172. The summed E-state index contributed by atoms with van der Waals surface area (Å²) in [5.74, 6) is 0.131. The number of amidine groups is 1. The Labute approximate surface area is 235 Å². The lowest BCUT2D eigenvalue weighted by Crippen LogP contribution is -2.23. The summed E-state index contributed by atoms with van der Waals surface area (Å²) < 4.78 is 16.5. The molecule has 1 aliphatic heterocycles. The number of hydrogen-bond acceptors (Lipinski definition) is 8. The molecule has 1 heterocycles. The number of rotatable bonds is 8. The zero-order valence-corrected chi connectivity index (χ0v) is 23.0. The van der Waals surface area contributed by atoms with Gasteiger partial charge >= 0.3 is 5.97 Å². The number of thioether (sulfide) groups is 1. The molecule has 0 saturated carbocycles. The van der Waals surface area contributed by atoms with Crippen molar-refractivity contribution in [2.24, 2.45) is 4.99 Å². The van der Waals surface area contributed by atoms with E-state index in [-0.39, 0.29) is 12.5 Å². The highest BCUT2D eigenvalue weighted by Gasteiger charge is 2.30. The van der Waals surface area contributed by atoms with Gasteiger partial charge in [0, 0.05) is 12.6 Å². The number of halogens is 1. The van der Waals surface area contributed by atoms with E-state index >= 15 is 0 Å². The Hall–Kier alpha value is -4.26. The van der Waals surface area contributed by atoms with Gasteiger partial charge in [0.2, 0.25) is 0 Å². The third-order valence-electron chi connectivity index (χ3n) is 5.66. The van der Waals surface area contributed by atoms with Crippen molar-refractivity contribution in [2.45, 2.75) is 13.5 Å². The molecule has 0 aliphatic carbocycles. The summed E-state index contributed by atoms with van der Waals surface area (Å²) in [6, 6.07) is 19.4. The molecular formula is C29H24ClN3O5S. The van der Waals surface area contributed by atoms with Crippen molar-refractivity contribution in [1.82, 2.24) is 4.90 Å². The van der Waals surface area contributed by atoms with E-state index in [4.69, 9.17) is 25.8 Å². The van der Waals surface area contributed by atoms with Crippen molar-refractivity contribution < 1.29 is 23.8 Å². The highest BCUT2D eigenvalue weighted by molar-refractivity contribution is 8.18. The number of aliphatic imine (C=N–C) groups is 1. The van der Waals surface area contributed by atoms with Crippen LogP contribution in [-0.2, 0) is 16.1 Å². The Morgan fingerprint density at radius 2 is 1.90 bits per heavy atom. The normalized spacial score (nSPS) is 14.9. The van der Waals surface area contributed by atoms with Crippen LogP contribution in [0, 0.1) is 11.3 Å². The van der Waals surface area contributed by atoms with E-state index in [1.807, 2.05) is 19.1 Å². The smallest absolute Gasteiger partial charge is 0.337 e. The topological polar surface area (TPSA) is 101 Å². The first-order valence-electron chi connectivity index (χ1n) is 11.9. The number of amides is 1. The Kier molecular flexibility index (Phi) is 8.92. The molecule has 198 valence electrons. The van der Waals surface area contributed by atoms with Crippen molar-refractivity contribution in [2.75, 3.05) is 20.8 Å². The molecule has 0 bridgehead atoms. The number of carbonyl (C=O) groups is 2. The number of esters is 1. The minimum absolute atomic E-state index is 0.142. The van der Waals surface area contributed by atoms with Crippen LogP contribution in [0.1, 0.15) is 34.0 Å². The van der Waals surface area contributed by atoms with Crippen LogP contribution in [0.15, 0.2) is 70.6 Å². The number of methoxy groups -OCH3 is 1.